The van der Waals surface area contributed by atoms with Gasteiger partial charge in [0.05, 0.1) is 5.69 Å². The quantitative estimate of drug-likeness (QED) is 0.852. The molecular formula is C19H24N4O4. The third-order valence-corrected chi connectivity index (χ3v) is 5.54. The van der Waals surface area contributed by atoms with Gasteiger partial charge in [-0.15, -0.1) is 0 Å². The molecule has 0 saturated heterocycles. The first-order valence-electron chi connectivity index (χ1n) is 9.55. The lowest BCUT2D eigenvalue weighted by Gasteiger charge is -2.22. The number of nitrogens with zero attached hydrogens (tertiary/aromatic N) is 2. The third kappa shape index (κ3) is 3.48. The Hall–Kier alpha value is -2.64. The van der Waals surface area contributed by atoms with Gasteiger partial charge in [0, 0.05) is 24.1 Å². The lowest BCUT2D eigenvalue weighted by Crippen LogP contribution is -2.40. The first-order valence-corrected chi connectivity index (χ1v) is 9.55. The number of carbonyl (C=O) groups is 2. The second-order valence-electron chi connectivity index (χ2n) is 7.50. The first-order chi connectivity index (χ1) is 13.0. The molecule has 1 atom stereocenters. The number of hydrogen-bond donors (Lipinski definition) is 2. The second-order valence-corrected chi connectivity index (χ2v) is 7.50. The van der Waals surface area contributed by atoms with Crippen molar-refractivity contribution in [1.82, 2.24) is 20.9 Å². The molecule has 0 spiro atoms. The molecule has 1 saturated carbocycles. The highest BCUT2D eigenvalue weighted by Gasteiger charge is 2.31. The number of aryl methyl sites for hydroxylation is 3. The number of amides is 2. The summed E-state index contributed by atoms with van der Waals surface area (Å²) < 4.78 is 10.5. The minimum Gasteiger partial charge on any atom is -0.361 e. The van der Waals surface area contributed by atoms with Crippen molar-refractivity contribution in [3.63, 3.8) is 0 Å². The lowest BCUT2D eigenvalue weighted by atomic mass is 9.91. The van der Waals surface area contributed by atoms with Crippen molar-refractivity contribution >= 4 is 11.8 Å². The smallest absolute Gasteiger partial charge is 0.273 e. The van der Waals surface area contributed by atoms with Gasteiger partial charge < -0.3 is 19.7 Å². The Kier molecular flexibility index (Phi) is 4.72. The summed E-state index contributed by atoms with van der Waals surface area (Å²) in [4.78, 5) is 25.2. The van der Waals surface area contributed by atoms with Crippen LogP contribution in [0.15, 0.2) is 9.05 Å². The maximum Gasteiger partial charge on any atom is 0.273 e. The second kappa shape index (κ2) is 7.17. The van der Waals surface area contributed by atoms with E-state index in [2.05, 4.69) is 20.9 Å². The van der Waals surface area contributed by atoms with Gasteiger partial charge in [0.1, 0.15) is 17.1 Å². The van der Waals surface area contributed by atoms with E-state index >= 15 is 0 Å². The van der Waals surface area contributed by atoms with Gasteiger partial charge in [0.2, 0.25) is 0 Å². The minimum atomic E-state index is -0.201. The van der Waals surface area contributed by atoms with Crippen molar-refractivity contribution in [2.75, 3.05) is 0 Å². The number of nitrogens with one attached hydrogen (secondary N) is 2. The Labute approximate surface area is 157 Å². The molecule has 2 aromatic heterocycles. The van der Waals surface area contributed by atoms with Crippen molar-refractivity contribution in [2.24, 2.45) is 0 Å². The molecule has 0 aromatic carbocycles. The summed E-state index contributed by atoms with van der Waals surface area (Å²) in [7, 11) is 0. The number of rotatable bonds is 4. The van der Waals surface area contributed by atoms with Gasteiger partial charge in [0.25, 0.3) is 11.8 Å². The fourth-order valence-corrected chi connectivity index (χ4v) is 4.09. The minimum absolute atomic E-state index is 0.0869. The molecule has 2 aromatic rings. The summed E-state index contributed by atoms with van der Waals surface area (Å²) in [5, 5.41) is 13.9. The van der Waals surface area contributed by atoms with Crippen molar-refractivity contribution in [1.29, 1.82) is 0 Å². The first kappa shape index (κ1) is 17.8. The molecule has 0 radical (unpaired) electrons. The predicted octanol–water partition coefficient (Wildman–Crippen LogP) is 2.24. The molecule has 2 amide bonds. The fraction of sp³-hybridized carbons (Fsp3) is 0.579. The SMILES string of the molecule is Cc1noc(C)c1C(=O)NC1CCc2onc(C(=O)NC3CCCC3)c2C1. The summed E-state index contributed by atoms with van der Waals surface area (Å²) in [5.74, 6) is 0.871. The number of fused-ring (bicyclic) bond motifs is 1. The standard InChI is InChI=1S/C19H24N4O4/c1-10-16(11(2)26-22-10)18(24)21-13-7-8-15-14(9-13)17(23-27-15)19(25)20-12-5-3-4-6-12/h12-13H,3-9H2,1-2H3,(H,20,25)(H,21,24). The molecule has 1 fully saturated rings. The highest BCUT2D eigenvalue weighted by atomic mass is 16.5. The van der Waals surface area contributed by atoms with E-state index in [9.17, 15) is 9.59 Å². The summed E-state index contributed by atoms with van der Waals surface area (Å²) in [6, 6.07) is 0.139. The molecule has 8 heteroatoms. The van der Waals surface area contributed by atoms with Gasteiger partial charge in [0.15, 0.2) is 5.69 Å². The zero-order valence-electron chi connectivity index (χ0n) is 15.6. The largest absolute Gasteiger partial charge is 0.361 e. The molecular weight excluding hydrogens is 348 g/mol. The molecule has 1 unspecified atom stereocenters. The molecule has 2 aliphatic rings. The average molecular weight is 372 g/mol. The van der Waals surface area contributed by atoms with Crippen LogP contribution < -0.4 is 10.6 Å². The highest BCUT2D eigenvalue weighted by Crippen LogP contribution is 2.26. The monoisotopic (exact) mass is 372 g/mol. The van der Waals surface area contributed by atoms with Crippen LogP contribution in [0.25, 0.3) is 0 Å². The Bertz CT molecular complexity index is 844. The van der Waals surface area contributed by atoms with Crippen LogP contribution in [-0.4, -0.2) is 34.2 Å². The van der Waals surface area contributed by atoms with E-state index in [0.29, 0.717) is 35.6 Å². The number of carbonyl (C=O) groups excluding carboxylic acids is 2. The zero-order chi connectivity index (χ0) is 19.0. The molecule has 8 nitrogen and oxygen atoms in total. The van der Waals surface area contributed by atoms with Gasteiger partial charge in [-0.3, -0.25) is 9.59 Å². The van der Waals surface area contributed by atoms with Crippen molar-refractivity contribution < 1.29 is 18.6 Å². The molecule has 0 bridgehead atoms. The van der Waals surface area contributed by atoms with Crippen LogP contribution in [0.2, 0.25) is 0 Å². The third-order valence-electron chi connectivity index (χ3n) is 5.54. The lowest BCUT2D eigenvalue weighted by molar-refractivity contribution is 0.0924. The van der Waals surface area contributed by atoms with Crippen LogP contribution in [0, 0.1) is 13.8 Å². The van der Waals surface area contributed by atoms with Crippen LogP contribution in [0.3, 0.4) is 0 Å². The van der Waals surface area contributed by atoms with Crippen LogP contribution >= 0.6 is 0 Å². The van der Waals surface area contributed by atoms with Gasteiger partial charge in [-0.2, -0.15) is 0 Å². The van der Waals surface area contributed by atoms with Crippen molar-refractivity contribution in [3.8, 4) is 0 Å². The van der Waals surface area contributed by atoms with E-state index in [1.54, 1.807) is 13.8 Å². The molecule has 0 aliphatic heterocycles. The molecule has 144 valence electrons. The van der Waals surface area contributed by atoms with Crippen LogP contribution in [0.5, 0.6) is 0 Å². The van der Waals surface area contributed by atoms with Gasteiger partial charge >= 0.3 is 0 Å². The van der Waals surface area contributed by atoms with E-state index in [1.165, 1.54) is 0 Å². The number of hydrogen-bond acceptors (Lipinski definition) is 6. The highest BCUT2D eigenvalue weighted by molar-refractivity contribution is 5.96. The average Bonchev–Trinajstić information content (AvgIpc) is 3.35. The van der Waals surface area contributed by atoms with Crippen LogP contribution in [-0.2, 0) is 12.8 Å². The van der Waals surface area contributed by atoms with Gasteiger partial charge in [-0.25, -0.2) is 0 Å². The number of aromatic nitrogens is 2. The summed E-state index contributed by atoms with van der Waals surface area (Å²) in [5.41, 5.74) is 2.21. The van der Waals surface area contributed by atoms with Gasteiger partial charge in [-0.05, 0) is 39.5 Å². The molecule has 2 N–H and O–H groups in total. The molecule has 2 aliphatic carbocycles. The Morgan fingerprint density at radius 1 is 0.963 bits per heavy atom. The summed E-state index contributed by atoms with van der Waals surface area (Å²) in [6.45, 7) is 3.47. The Balaban J connectivity index is 1.45. The zero-order valence-corrected chi connectivity index (χ0v) is 15.6. The van der Waals surface area contributed by atoms with Gasteiger partial charge in [-0.1, -0.05) is 23.2 Å². The Morgan fingerprint density at radius 3 is 2.41 bits per heavy atom. The molecule has 2 heterocycles. The fourth-order valence-electron chi connectivity index (χ4n) is 4.09. The maximum absolute atomic E-state index is 12.6. The van der Waals surface area contributed by atoms with E-state index in [4.69, 9.17) is 9.05 Å². The predicted molar refractivity (Wildman–Crippen MR) is 95.5 cm³/mol. The van der Waals surface area contributed by atoms with E-state index in [1.807, 2.05) is 0 Å². The summed E-state index contributed by atoms with van der Waals surface area (Å²) in [6.07, 6.45) is 6.24. The van der Waals surface area contributed by atoms with E-state index in [-0.39, 0.29) is 23.9 Å². The van der Waals surface area contributed by atoms with Crippen molar-refractivity contribution in [3.05, 3.63) is 34.0 Å². The maximum atomic E-state index is 12.6. The van der Waals surface area contributed by atoms with E-state index in [0.717, 1.165) is 43.4 Å². The molecule has 27 heavy (non-hydrogen) atoms. The Morgan fingerprint density at radius 2 is 1.70 bits per heavy atom. The molecule has 4 rings (SSSR count). The van der Waals surface area contributed by atoms with Crippen molar-refractivity contribution in [2.45, 2.75) is 70.9 Å². The normalized spacial score (nSPS) is 19.7. The van der Waals surface area contributed by atoms with Crippen LogP contribution in [0.1, 0.15) is 75.7 Å². The van der Waals surface area contributed by atoms with Crippen LogP contribution in [0.4, 0.5) is 0 Å². The summed E-state index contributed by atoms with van der Waals surface area (Å²) >= 11 is 0. The topological polar surface area (TPSA) is 110 Å². The van der Waals surface area contributed by atoms with E-state index < -0.39 is 0 Å².